The largest absolute Gasteiger partial charge is 0.508 e. The molecule has 5 rings (SSSR count). The van der Waals surface area contributed by atoms with Crippen LogP contribution in [0.5, 0.6) is 5.75 Å². The molecule has 7 nitrogen and oxygen atoms in total. The number of nitrogens with one attached hydrogen (secondary N) is 1. The lowest BCUT2D eigenvalue weighted by atomic mass is 10.1. The number of aromatic nitrogens is 3. The fourth-order valence-electron chi connectivity index (χ4n) is 4.05. The number of hydrogen-bond donors (Lipinski definition) is 2. The first-order valence-corrected chi connectivity index (χ1v) is 10.7. The number of carbonyl (C=O) groups is 1. The summed E-state index contributed by atoms with van der Waals surface area (Å²) < 4.78 is 21.4. The predicted octanol–water partition coefficient (Wildman–Crippen LogP) is 4.12. The lowest BCUT2D eigenvalue weighted by Gasteiger charge is -2.23. The molecule has 1 aliphatic heterocycles. The number of carbonyl (C=O) groups excluding carboxylic acids is 1. The lowest BCUT2D eigenvalue weighted by Crippen LogP contribution is -2.30. The van der Waals surface area contributed by atoms with Crippen molar-refractivity contribution < 1.29 is 19.0 Å². The summed E-state index contributed by atoms with van der Waals surface area (Å²) in [5.41, 5.74) is 4.64. The van der Waals surface area contributed by atoms with Crippen LogP contribution in [0.25, 0.3) is 17.1 Å². The first-order chi connectivity index (χ1) is 16.0. The molecule has 4 aromatic rings. The van der Waals surface area contributed by atoms with Gasteiger partial charge in [-0.15, -0.1) is 0 Å². The fourth-order valence-corrected chi connectivity index (χ4v) is 4.05. The highest BCUT2D eigenvalue weighted by Gasteiger charge is 2.36. The van der Waals surface area contributed by atoms with Crippen molar-refractivity contribution in [2.24, 2.45) is 0 Å². The SMILES string of the molecule is Cc1cccc(-n2cc([C@H]3OCC(=O)N3CCc3ccc(O)cc3)c(-c3ccc(F)[nH]3)n2)c1. The maximum atomic E-state index is 13.8. The predicted molar refractivity (Wildman–Crippen MR) is 120 cm³/mol. The second-order valence-corrected chi connectivity index (χ2v) is 8.10. The zero-order valence-corrected chi connectivity index (χ0v) is 18.0. The third kappa shape index (κ3) is 4.25. The summed E-state index contributed by atoms with van der Waals surface area (Å²) in [7, 11) is 0. The van der Waals surface area contributed by atoms with Crippen LogP contribution in [-0.4, -0.2) is 43.8 Å². The number of benzene rings is 2. The molecule has 8 heteroatoms. The van der Waals surface area contributed by atoms with E-state index in [-0.39, 0.29) is 18.3 Å². The van der Waals surface area contributed by atoms with Gasteiger partial charge in [0.15, 0.2) is 12.2 Å². The number of H-pyrrole nitrogens is 1. The quantitative estimate of drug-likeness (QED) is 0.467. The van der Waals surface area contributed by atoms with E-state index in [0.29, 0.717) is 29.9 Å². The Morgan fingerprint density at radius 2 is 2.00 bits per heavy atom. The van der Waals surface area contributed by atoms with Gasteiger partial charge < -0.3 is 19.7 Å². The molecule has 1 amide bonds. The normalized spacial score (nSPS) is 16.0. The van der Waals surface area contributed by atoms with Gasteiger partial charge in [-0.25, -0.2) is 4.68 Å². The number of phenolic OH excluding ortho intramolecular Hbond substituents is 1. The molecule has 1 saturated heterocycles. The standard InChI is InChI=1S/C25H23FN4O3/c1-16-3-2-4-18(13-16)30-14-20(24(28-30)21-9-10-22(26)27-21)25-29(23(32)15-33-25)12-11-17-5-7-19(31)8-6-17/h2-10,13-14,25,27,31H,11-12,15H2,1H3/t25-/m1/s1. The lowest BCUT2D eigenvalue weighted by molar-refractivity contribution is -0.128. The van der Waals surface area contributed by atoms with Crippen molar-refractivity contribution in [3.63, 3.8) is 0 Å². The number of ether oxygens (including phenoxy) is 1. The number of hydrogen-bond acceptors (Lipinski definition) is 4. The van der Waals surface area contributed by atoms with Gasteiger partial charge in [-0.3, -0.25) is 4.79 Å². The maximum Gasteiger partial charge on any atom is 0.250 e. The minimum absolute atomic E-state index is 0.0333. The van der Waals surface area contributed by atoms with E-state index >= 15 is 0 Å². The van der Waals surface area contributed by atoms with Gasteiger partial charge in [-0.05, 0) is 60.9 Å². The number of aromatic amines is 1. The van der Waals surface area contributed by atoms with Gasteiger partial charge in [0.05, 0.1) is 11.4 Å². The molecule has 2 aromatic heterocycles. The number of aryl methyl sites for hydroxylation is 1. The summed E-state index contributed by atoms with van der Waals surface area (Å²) in [5.74, 6) is -0.386. The fraction of sp³-hybridized carbons (Fsp3) is 0.200. The maximum absolute atomic E-state index is 13.8. The molecule has 33 heavy (non-hydrogen) atoms. The van der Waals surface area contributed by atoms with Crippen LogP contribution in [0.4, 0.5) is 4.39 Å². The first kappa shape index (κ1) is 21.0. The topological polar surface area (TPSA) is 83.4 Å². The van der Waals surface area contributed by atoms with Crippen LogP contribution in [0.3, 0.4) is 0 Å². The molecule has 1 atom stereocenters. The summed E-state index contributed by atoms with van der Waals surface area (Å²) in [6.45, 7) is 2.40. The zero-order chi connectivity index (χ0) is 22.9. The third-order valence-electron chi connectivity index (χ3n) is 5.73. The second-order valence-electron chi connectivity index (χ2n) is 8.10. The smallest absolute Gasteiger partial charge is 0.250 e. The monoisotopic (exact) mass is 446 g/mol. The van der Waals surface area contributed by atoms with Gasteiger partial charge in [0.1, 0.15) is 18.1 Å². The minimum Gasteiger partial charge on any atom is -0.508 e. The molecule has 0 bridgehead atoms. The average molecular weight is 446 g/mol. The van der Waals surface area contributed by atoms with Crippen molar-refractivity contribution in [2.45, 2.75) is 19.6 Å². The van der Waals surface area contributed by atoms with Gasteiger partial charge in [-0.1, -0.05) is 24.3 Å². The third-order valence-corrected chi connectivity index (χ3v) is 5.73. The average Bonchev–Trinajstić information content (AvgIpc) is 3.51. The van der Waals surface area contributed by atoms with E-state index in [1.54, 1.807) is 27.8 Å². The van der Waals surface area contributed by atoms with Gasteiger partial charge >= 0.3 is 0 Å². The number of phenols is 1. The first-order valence-electron chi connectivity index (χ1n) is 10.7. The van der Waals surface area contributed by atoms with E-state index < -0.39 is 12.2 Å². The molecule has 3 heterocycles. The number of nitrogens with zero attached hydrogens (tertiary/aromatic N) is 3. The molecule has 0 spiro atoms. The molecular formula is C25H23FN4O3. The Bertz CT molecular complexity index is 1300. The Morgan fingerprint density at radius 3 is 2.73 bits per heavy atom. The summed E-state index contributed by atoms with van der Waals surface area (Å²) in [4.78, 5) is 17.0. The molecule has 0 aliphatic carbocycles. The molecule has 0 radical (unpaired) electrons. The van der Waals surface area contributed by atoms with Crippen molar-refractivity contribution in [1.82, 2.24) is 19.7 Å². The Morgan fingerprint density at radius 1 is 1.18 bits per heavy atom. The molecule has 2 N–H and O–H groups in total. The van der Waals surface area contributed by atoms with E-state index in [9.17, 15) is 14.3 Å². The van der Waals surface area contributed by atoms with Crippen molar-refractivity contribution in [1.29, 1.82) is 0 Å². The van der Waals surface area contributed by atoms with Crippen LogP contribution < -0.4 is 0 Å². The van der Waals surface area contributed by atoms with Crippen LogP contribution in [0.1, 0.15) is 22.9 Å². The van der Waals surface area contributed by atoms with Crippen molar-refractivity contribution in [3.05, 3.63) is 89.5 Å². The van der Waals surface area contributed by atoms with E-state index in [2.05, 4.69) is 4.98 Å². The van der Waals surface area contributed by atoms with Crippen molar-refractivity contribution in [2.75, 3.05) is 13.2 Å². The summed E-state index contributed by atoms with van der Waals surface area (Å²) in [6, 6.07) is 17.7. The highest BCUT2D eigenvalue weighted by Crippen LogP contribution is 2.35. The summed E-state index contributed by atoms with van der Waals surface area (Å²) >= 11 is 0. The van der Waals surface area contributed by atoms with Crippen molar-refractivity contribution in [3.8, 4) is 22.8 Å². The highest BCUT2D eigenvalue weighted by atomic mass is 19.1. The Balaban J connectivity index is 1.50. The number of aromatic hydroxyl groups is 1. The molecule has 1 fully saturated rings. The zero-order valence-electron chi connectivity index (χ0n) is 18.0. The van der Waals surface area contributed by atoms with Gasteiger partial charge in [0.25, 0.3) is 5.91 Å². The summed E-state index contributed by atoms with van der Waals surface area (Å²) in [5, 5.41) is 14.2. The number of halogens is 1. The van der Waals surface area contributed by atoms with Crippen LogP contribution in [-0.2, 0) is 16.0 Å². The summed E-state index contributed by atoms with van der Waals surface area (Å²) in [6.07, 6.45) is 1.79. The van der Waals surface area contributed by atoms with Crippen LogP contribution >= 0.6 is 0 Å². The van der Waals surface area contributed by atoms with E-state index in [1.165, 1.54) is 6.07 Å². The molecule has 1 aliphatic rings. The van der Waals surface area contributed by atoms with Crippen LogP contribution in [0, 0.1) is 12.9 Å². The highest BCUT2D eigenvalue weighted by molar-refractivity contribution is 5.80. The Kier molecular flexibility index (Phi) is 5.43. The van der Waals surface area contributed by atoms with E-state index in [1.807, 2.05) is 49.5 Å². The molecule has 2 aromatic carbocycles. The Hall–Kier alpha value is -3.91. The molecule has 0 unspecified atom stereocenters. The van der Waals surface area contributed by atoms with Crippen molar-refractivity contribution >= 4 is 5.91 Å². The van der Waals surface area contributed by atoms with E-state index in [0.717, 1.165) is 16.8 Å². The van der Waals surface area contributed by atoms with Gasteiger partial charge in [0.2, 0.25) is 0 Å². The molecule has 0 saturated carbocycles. The number of rotatable bonds is 6. The van der Waals surface area contributed by atoms with Crippen LogP contribution in [0.2, 0.25) is 0 Å². The van der Waals surface area contributed by atoms with Gasteiger partial charge in [0, 0.05) is 18.3 Å². The molecular weight excluding hydrogens is 423 g/mol. The number of amides is 1. The second kappa shape index (κ2) is 8.55. The minimum atomic E-state index is -0.644. The van der Waals surface area contributed by atoms with E-state index in [4.69, 9.17) is 9.84 Å². The Labute approximate surface area is 190 Å². The van der Waals surface area contributed by atoms with Gasteiger partial charge in [-0.2, -0.15) is 9.49 Å². The van der Waals surface area contributed by atoms with Crippen LogP contribution in [0.15, 0.2) is 66.9 Å². The molecule has 168 valence electrons.